The summed E-state index contributed by atoms with van der Waals surface area (Å²) in [6.07, 6.45) is 3.43. The van der Waals surface area contributed by atoms with E-state index in [0.717, 1.165) is 22.0 Å². The minimum Gasteiger partial charge on any atom is -0.339 e. The predicted molar refractivity (Wildman–Crippen MR) is 81.7 cm³/mol. The van der Waals surface area contributed by atoms with Crippen LogP contribution in [0.4, 0.5) is 11.5 Å². The summed E-state index contributed by atoms with van der Waals surface area (Å²) in [5.74, 6) is 0.607. The van der Waals surface area contributed by atoms with E-state index in [9.17, 15) is 0 Å². The molecule has 102 valence electrons. The molecule has 4 rings (SSSR count). The largest absolute Gasteiger partial charge is 0.339 e. The minimum atomic E-state index is 0.160. The van der Waals surface area contributed by atoms with Crippen molar-refractivity contribution in [3.8, 4) is 0 Å². The SMILES string of the molecule is Clc1nc(Nc2cccc3ncccc23)c2cn[nH]c2n1. The highest BCUT2D eigenvalue weighted by Gasteiger charge is 2.10. The van der Waals surface area contributed by atoms with Crippen LogP contribution < -0.4 is 5.32 Å². The zero-order valence-electron chi connectivity index (χ0n) is 10.7. The predicted octanol–water partition coefficient (Wildman–Crippen LogP) is 3.30. The van der Waals surface area contributed by atoms with Crippen molar-refractivity contribution in [3.05, 3.63) is 48.0 Å². The number of H-pyrrole nitrogens is 1. The van der Waals surface area contributed by atoms with Crippen LogP contribution in [0.25, 0.3) is 21.9 Å². The number of hydrogen-bond donors (Lipinski definition) is 2. The molecule has 0 fully saturated rings. The molecule has 7 heteroatoms. The number of aromatic nitrogens is 5. The first-order chi connectivity index (χ1) is 10.3. The van der Waals surface area contributed by atoms with Gasteiger partial charge in [0, 0.05) is 17.3 Å². The molecular formula is C14H9ClN6. The lowest BCUT2D eigenvalue weighted by Gasteiger charge is -2.09. The number of aromatic amines is 1. The number of nitrogens with one attached hydrogen (secondary N) is 2. The molecule has 0 amide bonds. The van der Waals surface area contributed by atoms with Gasteiger partial charge in [0.1, 0.15) is 5.82 Å². The van der Waals surface area contributed by atoms with E-state index in [0.29, 0.717) is 11.5 Å². The van der Waals surface area contributed by atoms with Crippen molar-refractivity contribution >= 4 is 45.0 Å². The summed E-state index contributed by atoms with van der Waals surface area (Å²) in [6.45, 7) is 0. The summed E-state index contributed by atoms with van der Waals surface area (Å²) in [4.78, 5) is 12.7. The molecule has 0 bridgehead atoms. The molecule has 0 radical (unpaired) electrons. The first-order valence-corrected chi connectivity index (χ1v) is 6.66. The number of rotatable bonds is 2. The molecule has 0 atom stereocenters. The standard InChI is InChI=1S/C14H9ClN6/c15-14-19-12(9-7-17-21-13(9)20-14)18-11-5-1-4-10-8(11)3-2-6-16-10/h1-7H,(H2,17,18,19,20,21). The van der Waals surface area contributed by atoms with Crippen LogP contribution in [0.15, 0.2) is 42.7 Å². The Kier molecular flexibility index (Phi) is 2.68. The maximum absolute atomic E-state index is 5.94. The first kappa shape index (κ1) is 12.0. The second kappa shape index (κ2) is 4.68. The van der Waals surface area contributed by atoms with Crippen LogP contribution in [-0.4, -0.2) is 25.1 Å². The van der Waals surface area contributed by atoms with Crippen molar-refractivity contribution in [1.29, 1.82) is 0 Å². The highest BCUT2D eigenvalue weighted by atomic mass is 35.5. The van der Waals surface area contributed by atoms with Gasteiger partial charge in [-0.3, -0.25) is 10.1 Å². The van der Waals surface area contributed by atoms with Gasteiger partial charge in [-0.05, 0) is 35.9 Å². The molecule has 2 N–H and O–H groups in total. The zero-order chi connectivity index (χ0) is 14.2. The number of anilines is 2. The van der Waals surface area contributed by atoms with E-state index in [1.165, 1.54) is 0 Å². The molecule has 1 aromatic carbocycles. The molecule has 0 unspecified atom stereocenters. The molecule has 0 spiro atoms. The van der Waals surface area contributed by atoms with Crippen LogP contribution >= 0.6 is 11.6 Å². The van der Waals surface area contributed by atoms with Crippen molar-refractivity contribution in [2.24, 2.45) is 0 Å². The Morgan fingerprint density at radius 3 is 2.95 bits per heavy atom. The number of benzene rings is 1. The highest BCUT2D eigenvalue weighted by molar-refractivity contribution is 6.28. The lowest BCUT2D eigenvalue weighted by molar-refractivity contribution is 1.09. The van der Waals surface area contributed by atoms with Crippen LogP contribution in [0.1, 0.15) is 0 Å². The summed E-state index contributed by atoms with van der Waals surface area (Å²) in [7, 11) is 0. The maximum atomic E-state index is 5.94. The van der Waals surface area contributed by atoms with Crippen LogP contribution in [0.5, 0.6) is 0 Å². The normalized spacial score (nSPS) is 11.1. The Bertz CT molecular complexity index is 943. The van der Waals surface area contributed by atoms with Crippen LogP contribution in [0, 0.1) is 0 Å². The summed E-state index contributed by atoms with van der Waals surface area (Å²) >= 11 is 5.94. The Morgan fingerprint density at radius 2 is 2.00 bits per heavy atom. The Morgan fingerprint density at radius 1 is 1.05 bits per heavy atom. The first-order valence-electron chi connectivity index (χ1n) is 6.29. The number of fused-ring (bicyclic) bond motifs is 2. The zero-order valence-corrected chi connectivity index (χ0v) is 11.5. The Hall–Kier alpha value is -2.73. The van der Waals surface area contributed by atoms with Gasteiger partial charge in [0.15, 0.2) is 5.65 Å². The number of pyridine rings is 1. The van der Waals surface area contributed by atoms with Gasteiger partial charge in [-0.2, -0.15) is 15.1 Å². The van der Waals surface area contributed by atoms with Crippen molar-refractivity contribution < 1.29 is 0 Å². The topological polar surface area (TPSA) is 79.4 Å². The second-order valence-electron chi connectivity index (χ2n) is 4.47. The Balaban J connectivity index is 1.89. The smallest absolute Gasteiger partial charge is 0.226 e. The molecule has 0 aliphatic heterocycles. The van der Waals surface area contributed by atoms with Gasteiger partial charge in [-0.15, -0.1) is 0 Å². The fourth-order valence-electron chi connectivity index (χ4n) is 2.24. The third-order valence-corrected chi connectivity index (χ3v) is 3.35. The third kappa shape index (κ3) is 2.05. The number of hydrogen-bond acceptors (Lipinski definition) is 5. The number of halogens is 1. The lowest BCUT2D eigenvalue weighted by atomic mass is 10.2. The van der Waals surface area contributed by atoms with Crippen LogP contribution in [0.3, 0.4) is 0 Å². The van der Waals surface area contributed by atoms with Crippen molar-refractivity contribution in [1.82, 2.24) is 25.1 Å². The fourth-order valence-corrected chi connectivity index (χ4v) is 2.41. The van der Waals surface area contributed by atoms with Crippen molar-refractivity contribution in [2.45, 2.75) is 0 Å². The molecule has 3 aromatic heterocycles. The van der Waals surface area contributed by atoms with E-state index >= 15 is 0 Å². The van der Waals surface area contributed by atoms with Gasteiger partial charge >= 0.3 is 0 Å². The average molecular weight is 297 g/mol. The molecule has 0 saturated carbocycles. The monoisotopic (exact) mass is 296 g/mol. The van der Waals surface area contributed by atoms with Gasteiger partial charge in [-0.25, -0.2) is 0 Å². The summed E-state index contributed by atoms with van der Waals surface area (Å²) in [5.41, 5.74) is 2.40. The van der Waals surface area contributed by atoms with E-state index in [1.807, 2.05) is 30.3 Å². The van der Waals surface area contributed by atoms with Crippen LogP contribution in [-0.2, 0) is 0 Å². The molecule has 0 aliphatic carbocycles. The molecule has 21 heavy (non-hydrogen) atoms. The van der Waals surface area contributed by atoms with E-state index in [-0.39, 0.29) is 5.28 Å². The quantitative estimate of drug-likeness (QED) is 0.555. The molecule has 0 saturated heterocycles. The molecule has 4 aromatic rings. The molecule has 6 nitrogen and oxygen atoms in total. The van der Waals surface area contributed by atoms with Crippen molar-refractivity contribution in [3.63, 3.8) is 0 Å². The van der Waals surface area contributed by atoms with E-state index in [2.05, 4.69) is 30.5 Å². The van der Waals surface area contributed by atoms with Gasteiger partial charge in [0.05, 0.1) is 17.1 Å². The fraction of sp³-hybridized carbons (Fsp3) is 0. The lowest BCUT2D eigenvalue weighted by Crippen LogP contribution is -1.97. The third-order valence-electron chi connectivity index (χ3n) is 3.18. The molecular weight excluding hydrogens is 288 g/mol. The van der Waals surface area contributed by atoms with Crippen molar-refractivity contribution in [2.75, 3.05) is 5.32 Å². The van der Waals surface area contributed by atoms with Gasteiger partial charge < -0.3 is 5.32 Å². The number of nitrogens with zero attached hydrogens (tertiary/aromatic N) is 4. The minimum absolute atomic E-state index is 0.160. The van der Waals surface area contributed by atoms with E-state index < -0.39 is 0 Å². The second-order valence-corrected chi connectivity index (χ2v) is 4.81. The average Bonchev–Trinajstić information content (AvgIpc) is 2.96. The van der Waals surface area contributed by atoms with Gasteiger partial charge in [0.2, 0.25) is 5.28 Å². The molecule has 0 aliphatic rings. The summed E-state index contributed by atoms with van der Waals surface area (Å²) < 4.78 is 0. The summed E-state index contributed by atoms with van der Waals surface area (Å²) in [5, 5.41) is 12.0. The Labute approximate surface area is 124 Å². The highest BCUT2D eigenvalue weighted by Crippen LogP contribution is 2.28. The van der Waals surface area contributed by atoms with E-state index in [1.54, 1.807) is 12.4 Å². The summed E-state index contributed by atoms with van der Waals surface area (Å²) in [6, 6.07) is 9.76. The molecule has 3 heterocycles. The van der Waals surface area contributed by atoms with Gasteiger partial charge in [-0.1, -0.05) is 6.07 Å². The van der Waals surface area contributed by atoms with Crippen LogP contribution in [0.2, 0.25) is 5.28 Å². The van der Waals surface area contributed by atoms with Gasteiger partial charge in [0.25, 0.3) is 0 Å². The van der Waals surface area contributed by atoms with E-state index in [4.69, 9.17) is 11.6 Å². The maximum Gasteiger partial charge on any atom is 0.226 e.